The van der Waals surface area contributed by atoms with Crippen LogP contribution in [0, 0.1) is 0 Å². The Labute approximate surface area is 103 Å². The van der Waals surface area contributed by atoms with Crippen LogP contribution in [0.1, 0.15) is 12.0 Å². The molecule has 1 aromatic rings. The summed E-state index contributed by atoms with van der Waals surface area (Å²) >= 11 is 0. The maximum Gasteiger partial charge on any atom is 0.243 e. The second kappa shape index (κ2) is 7.63. The van der Waals surface area contributed by atoms with E-state index in [1.54, 1.807) is 0 Å². The molecule has 0 bridgehead atoms. The molecule has 0 aliphatic carbocycles. The number of nitrogens with zero attached hydrogens (tertiary/aromatic N) is 1. The molecule has 0 spiro atoms. The van der Waals surface area contributed by atoms with Gasteiger partial charge in [0.05, 0.1) is 0 Å². The molecule has 0 aromatic heterocycles. The summed E-state index contributed by atoms with van der Waals surface area (Å²) in [4.78, 5) is 13.2. The summed E-state index contributed by atoms with van der Waals surface area (Å²) in [5.74, 6) is -0.101. The van der Waals surface area contributed by atoms with Crippen molar-refractivity contribution in [3.63, 3.8) is 0 Å². The van der Waals surface area contributed by atoms with E-state index in [2.05, 4.69) is 36.0 Å². The van der Waals surface area contributed by atoms with Crippen molar-refractivity contribution < 1.29 is 4.79 Å². The van der Waals surface area contributed by atoms with Gasteiger partial charge in [-0.2, -0.15) is 0 Å². The van der Waals surface area contributed by atoms with Gasteiger partial charge in [0.25, 0.3) is 0 Å². The molecule has 0 fully saturated rings. The summed E-state index contributed by atoms with van der Waals surface area (Å²) in [5.41, 5.74) is 1.31. The zero-order chi connectivity index (χ0) is 12.5. The number of carbonyl (C=O) groups excluding carboxylic acids is 1. The van der Waals surface area contributed by atoms with Gasteiger partial charge < -0.3 is 10.2 Å². The molecule has 0 radical (unpaired) electrons. The van der Waals surface area contributed by atoms with Crippen molar-refractivity contribution in [3.8, 4) is 0 Å². The molecule has 0 heterocycles. The number of carbonyl (C=O) groups is 1. The zero-order valence-corrected chi connectivity index (χ0v) is 10.4. The van der Waals surface area contributed by atoms with Crippen molar-refractivity contribution in [3.05, 3.63) is 48.6 Å². The standard InChI is InChI=1S/C14H20N2O/c1-3-14(17)15-10-7-11-16(2)12-13-8-5-4-6-9-13/h3-6,8-9H,1,7,10-12H2,2H3,(H,15,17). The molecule has 0 aliphatic heterocycles. The summed E-state index contributed by atoms with van der Waals surface area (Å²) in [7, 11) is 2.09. The van der Waals surface area contributed by atoms with Crippen LogP contribution in [0.25, 0.3) is 0 Å². The van der Waals surface area contributed by atoms with Gasteiger partial charge in [-0.25, -0.2) is 0 Å². The van der Waals surface area contributed by atoms with Gasteiger partial charge in [-0.1, -0.05) is 36.9 Å². The topological polar surface area (TPSA) is 32.3 Å². The lowest BCUT2D eigenvalue weighted by atomic mass is 10.2. The van der Waals surface area contributed by atoms with E-state index >= 15 is 0 Å². The smallest absolute Gasteiger partial charge is 0.243 e. The Morgan fingerprint density at radius 1 is 1.41 bits per heavy atom. The lowest BCUT2D eigenvalue weighted by Gasteiger charge is -2.16. The third-order valence-corrected chi connectivity index (χ3v) is 2.50. The fraction of sp³-hybridized carbons (Fsp3) is 0.357. The van der Waals surface area contributed by atoms with Crippen LogP contribution in [-0.4, -0.2) is 30.9 Å². The summed E-state index contributed by atoms with van der Waals surface area (Å²) in [5, 5.41) is 2.77. The molecular formula is C14H20N2O. The van der Waals surface area contributed by atoms with Gasteiger partial charge in [-0.05, 0) is 31.7 Å². The normalized spacial score (nSPS) is 10.2. The molecule has 0 aliphatic rings. The minimum atomic E-state index is -0.101. The number of benzene rings is 1. The van der Waals surface area contributed by atoms with Crippen molar-refractivity contribution in [1.29, 1.82) is 0 Å². The molecule has 3 nitrogen and oxygen atoms in total. The first-order valence-electron chi connectivity index (χ1n) is 5.85. The summed E-state index contributed by atoms with van der Waals surface area (Å²) < 4.78 is 0. The first kappa shape index (κ1) is 13.5. The number of nitrogens with one attached hydrogen (secondary N) is 1. The number of hydrogen-bond acceptors (Lipinski definition) is 2. The molecule has 3 heteroatoms. The average molecular weight is 232 g/mol. The third-order valence-electron chi connectivity index (χ3n) is 2.50. The fourth-order valence-electron chi connectivity index (χ4n) is 1.61. The number of rotatable bonds is 7. The van der Waals surface area contributed by atoms with E-state index in [1.807, 2.05) is 18.2 Å². The van der Waals surface area contributed by atoms with Gasteiger partial charge in [-0.3, -0.25) is 4.79 Å². The van der Waals surface area contributed by atoms with Crippen LogP contribution in [0.15, 0.2) is 43.0 Å². The largest absolute Gasteiger partial charge is 0.353 e. The second-order valence-electron chi connectivity index (χ2n) is 4.07. The van der Waals surface area contributed by atoms with E-state index in [0.717, 1.165) is 19.5 Å². The van der Waals surface area contributed by atoms with Crippen LogP contribution in [0.3, 0.4) is 0 Å². The van der Waals surface area contributed by atoms with Crippen molar-refractivity contribution in [1.82, 2.24) is 10.2 Å². The Bertz CT molecular complexity index is 348. The van der Waals surface area contributed by atoms with E-state index < -0.39 is 0 Å². The second-order valence-corrected chi connectivity index (χ2v) is 4.07. The molecule has 1 rings (SSSR count). The van der Waals surface area contributed by atoms with Gasteiger partial charge in [0, 0.05) is 13.1 Å². The summed E-state index contributed by atoms with van der Waals surface area (Å²) in [6.07, 6.45) is 2.25. The minimum Gasteiger partial charge on any atom is -0.353 e. The van der Waals surface area contributed by atoms with Gasteiger partial charge in [0.2, 0.25) is 5.91 Å². The van der Waals surface area contributed by atoms with E-state index in [9.17, 15) is 4.79 Å². The molecule has 1 aromatic carbocycles. The molecule has 0 atom stereocenters. The first-order valence-corrected chi connectivity index (χ1v) is 5.85. The Morgan fingerprint density at radius 3 is 2.76 bits per heavy atom. The summed E-state index contributed by atoms with van der Waals surface area (Å²) in [6.45, 7) is 6.01. The van der Waals surface area contributed by atoms with E-state index in [-0.39, 0.29) is 5.91 Å². The molecule has 0 unspecified atom stereocenters. The predicted molar refractivity (Wildman–Crippen MR) is 70.6 cm³/mol. The Balaban J connectivity index is 2.15. The monoisotopic (exact) mass is 232 g/mol. The highest BCUT2D eigenvalue weighted by molar-refractivity contribution is 5.86. The average Bonchev–Trinajstić information content (AvgIpc) is 2.35. The van der Waals surface area contributed by atoms with Gasteiger partial charge >= 0.3 is 0 Å². The maximum absolute atomic E-state index is 10.9. The van der Waals surface area contributed by atoms with Crippen LogP contribution in [0.4, 0.5) is 0 Å². The van der Waals surface area contributed by atoms with Crippen LogP contribution < -0.4 is 5.32 Å². The van der Waals surface area contributed by atoms with Crippen LogP contribution in [0.2, 0.25) is 0 Å². The predicted octanol–water partition coefficient (Wildman–Crippen LogP) is 1.81. The Kier molecular flexibility index (Phi) is 6.04. The third kappa shape index (κ3) is 5.88. The zero-order valence-electron chi connectivity index (χ0n) is 10.4. The molecule has 0 saturated heterocycles. The van der Waals surface area contributed by atoms with E-state index in [4.69, 9.17) is 0 Å². The highest BCUT2D eigenvalue weighted by atomic mass is 16.1. The van der Waals surface area contributed by atoms with Gasteiger partial charge in [0.1, 0.15) is 0 Å². The molecule has 1 N–H and O–H groups in total. The molecular weight excluding hydrogens is 212 g/mol. The number of amides is 1. The number of hydrogen-bond donors (Lipinski definition) is 1. The maximum atomic E-state index is 10.9. The molecule has 17 heavy (non-hydrogen) atoms. The molecule has 1 amide bonds. The molecule has 92 valence electrons. The van der Waals surface area contributed by atoms with Crippen molar-refractivity contribution in [2.75, 3.05) is 20.1 Å². The van der Waals surface area contributed by atoms with Crippen LogP contribution >= 0.6 is 0 Å². The van der Waals surface area contributed by atoms with Crippen molar-refractivity contribution in [2.24, 2.45) is 0 Å². The van der Waals surface area contributed by atoms with Crippen LogP contribution in [0.5, 0.6) is 0 Å². The van der Waals surface area contributed by atoms with Gasteiger partial charge in [-0.15, -0.1) is 0 Å². The van der Waals surface area contributed by atoms with Crippen molar-refractivity contribution in [2.45, 2.75) is 13.0 Å². The lowest BCUT2D eigenvalue weighted by Crippen LogP contribution is -2.26. The highest BCUT2D eigenvalue weighted by Gasteiger charge is 2.00. The van der Waals surface area contributed by atoms with Crippen molar-refractivity contribution >= 4 is 5.91 Å². The van der Waals surface area contributed by atoms with Gasteiger partial charge in [0.15, 0.2) is 0 Å². The Morgan fingerprint density at radius 2 is 2.12 bits per heavy atom. The lowest BCUT2D eigenvalue weighted by molar-refractivity contribution is -0.116. The van der Waals surface area contributed by atoms with Crippen LogP contribution in [-0.2, 0) is 11.3 Å². The van der Waals surface area contributed by atoms with E-state index in [1.165, 1.54) is 11.6 Å². The SMILES string of the molecule is C=CC(=O)NCCCN(C)Cc1ccccc1. The minimum absolute atomic E-state index is 0.101. The fourth-order valence-corrected chi connectivity index (χ4v) is 1.61. The Hall–Kier alpha value is -1.61. The highest BCUT2D eigenvalue weighted by Crippen LogP contribution is 2.02. The first-order chi connectivity index (χ1) is 8.22. The summed E-state index contributed by atoms with van der Waals surface area (Å²) in [6, 6.07) is 10.4. The molecule has 0 saturated carbocycles. The van der Waals surface area contributed by atoms with E-state index in [0.29, 0.717) is 6.54 Å². The quantitative estimate of drug-likeness (QED) is 0.574.